The molecule has 0 spiro atoms. The Labute approximate surface area is 202 Å². The van der Waals surface area contributed by atoms with Crippen molar-refractivity contribution in [3.05, 3.63) is 0 Å². The van der Waals surface area contributed by atoms with Gasteiger partial charge in [-0.3, -0.25) is 0 Å². The van der Waals surface area contributed by atoms with Gasteiger partial charge in [-0.2, -0.15) is 79.0 Å². The van der Waals surface area contributed by atoms with Crippen LogP contribution in [0.2, 0.25) is 0 Å². The molecule has 0 rings (SSSR count). The van der Waals surface area contributed by atoms with Crippen LogP contribution in [-0.4, -0.2) is 71.8 Å². The van der Waals surface area contributed by atoms with Gasteiger partial charge in [0, 0.05) is 12.8 Å². The van der Waals surface area contributed by atoms with E-state index in [0.29, 0.717) is 13.8 Å². The molecular formula is C12H10Cl2F18Sn. The normalized spacial score (nSPS) is 14.2. The van der Waals surface area contributed by atoms with Gasteiger partial charge in [-0.25, -0.2) is 0 Å². The molecule has 0 aliphatic carbocycles. The third-order valence-electron chi connectivity index (χ3n) is 3.31. The van der Waals surface area contributed by atoms with E-state index in [1.807, 2.05) is 0 Å². The van der Waals surface area contributed by atoms with Crippen molar-refractivity contribution < 1.29 is 104 Å². The van der Waals surface area contributed by atoms with Crippen LogP contribution in [-0.2, 0) is 0 Å². The minimum absolute atomic E-state index is 0. The molecular weight excluding hydrogens is 676 g/mol. The van der Waals surface area contributed by atoms with Crippen LogP contribution < -0.4 is 24.8 Å². The maximum absolute atomic E-state index is 12.3. The van der Waals surface area contributed by atoms with Crippen molar-refractivity contribution >= 4 is 23.9 Å². The van der Waals surface area contributed by atoms with E-state index >= 15 is 0 Å². The maximum atomic E-state index is 12.3. The van der Waals surface area contributed by atoms with Crippen molar-refractivity contribution in [2.24, 2.45) is 0 Å². The van der Waals surface area contributed by atoms with E-state index in [9.17, 15) is 79.0 Å². The molecule has 0 N–H and O–H groups in total. The molecule has 0 bridgehead atoms. The topological polar surface area (TPSA) is 0 Å². The van der Waals surface area contributed by atoms with Crippen molar-refractivity contribution in [2.45, 2.75) is 74.6 Å². The second-order valence-corrected chi connectivity index (χ2v) is 5.41. The van der Waals surface area contributed by atoms with Crippen molar-refractivity contribution in [2.75, 3.05) is 0 Å². The first-order valence-electron chi connectivity index (χ1n) is 7.02. The average molecular weight is 686 g/mol. The molecule has 0 aromatic carbocycles. The van der Waals surface area contributed by atoms with Gasteiger partial charge in [0.1, 0.15) is 0 Å². The summed E-state index contributed by atoms with van der Waals surface area (Å²) >= 11 is 0. The molecule has 0 nitrogen and oxygen atoms in total. The Morgan fingerprint density at radius 3 is 0.606 bits per heavy atom. The minimum Gasteiger partial charge on any atom is -1.00 e. The van der Waals surface area contributed by atoms with E-state index < -0.39 is 60.7 Å². The summed E-state index contributed by atoms with van der Waals surface area (Å²) in [5.74, 6) is -37.3. The summed E-state index contributed by atoms with van der Waals surface area (Å²) in [6.07, 6.45) is -17.1. The van der Waals surface area contributed by atoms with Gasteiger partial charge in [0.15, 0.2) is 0 Å². The average Bonchev–Trinajstić information content (AvgIpc) is 2.52. The van der Waals surface area contributed by atoms with Crippen molar-refractivity contribution in [1.29, 1.82) is 0 Å². The molecule has 0 atom stereocenters. The quantitative estimate of drug-likeness (QED) is 0.293. The zero-order valence-corrected chi connectivity index (χ0v) is 19.8. The third-order valence-corrected chi connectivity index (χ3v) is 3.31. The summed E-state index contributed by atoms with van der Waals surface area (Å²) in [5.41, 5.74) is 0. The summed E-state index contributed by atoms with van der Waals surface area (Å²) in [4.78, 5) is 0. The fourth-order valence-corrected chi connectivity index (χ4v) is 1.26. The second kappa shape index (κ2) is 12.4. The molecule has 33 heavy (non-hydrogen) atoms. The summed E-state index contributed by atoms with van der Waals surface area (Å²) in [6, 6.07) is 0. The maximum Gasteiger partial charge on any atom is 2.00 e. The molecule has 0 aliphatic rings. The molecule has 0 fully saturated rings. The standard InChI is InChI=1S/2C6H5F9.2ClH.Sn/c2*1-2-3(7,8)4(9,10)5(11,12)6(13,14)15;;;/h2*2H2,1H3;2*1H;/q;;;;+2/p-2. The predicted octanol–water partition coefficient (Wildman–Crippen LogP) is 1.36. The molecule has 0 saturated heterocycles. The number of rotatable bonds is 6. The second-order valence-electron chi connectivity index (χ2n) is 5.41. The molecule has 21 heteroatoms. The van der Waals surface area contributed by atoms with Crippen molar-refractivity contribution in [3.63, 3.8) is 0 Å². The molecule has 0 amide bonds. The first kappa shape index (κ1) is 43.2. The monoisotopic (exact) mass is 686 g/mol. The molecule has 0 unspecified atom stereocenters. The minimum atomic E-state index is -6.76. The van der Waals surface area contributed by atoms with Gasteiger partial charge >= 0.3 is 71.8 Å². The number of alkyl halides is 18. The van der Waals surface area contributed by atoms with Crippen LogP contribution >= 0.6 is 0 Å². The van der Waals surface area contributed by atoms with Gasteiger partial charge in [-0.1, -0.05) is 13.8 Å². The summed E-state index contributed by atoms with van der Waals surface area (Å²) in [6.45, 7) is 0.751. The number of hydrogen-bond acceptors (Lipinski definition) is 0. The van der Waals surface area contributed by atoms with E-state index in [1.165, 1.54) is 0 Å². The van der Waals surface area contributed by atoms with Gasteiger partial charge < -0.3 is 24.8 Å². The van der Waals surface area contributed by atoms with E-state index in [2.05, 4.69) is 0 Å². The first-order chi connectivity index (χ1) is 12.6. The molecule has 0 aliphatic heterocycles. The van der Waals surface area contributed by atoms with Crippen LogP contribution in [0.5, 0.6) is 0 Å². The Morgan fingerprint density at radius 1 is 0.364 bits per heavy atom. The van der Waals surface area contributed by atoms with Crippen molar-refractivity contribution in [3.8, 4) is 0 Å². The molecule has 0 saturated carbocycles. The van der Waals surface area contributed by atoms with Gasteiger partial charge in [0.2, 0.25) is 0 Å². The van der Waals surface area contributed by atoms with Crippen LogP contribution in [0, 0.1) is 0 Å². The number of halogens is 20. The van der Waals surface area contributed by atoms with Crippen molar-refractivity contribution in [1.82, 2.24) is 0 Å². The molecule has 2 radical (unpaired) electrons. The van der Waals surface area contributed by atoms with Crippen LogP contribution in [0.15, 0.2) is 0 Å². The zero-order chi connectivity index (χ0) is 25.4. The fourth-order valence-electron chi connectivity index (χ4n) is 1.26. The number of hydrogen-bond donors (Lipinski definition) is 0. The molecule has 202 valence electrons. The summed E-state index contributed by atoms with van der Waals surface area (Å²) in [7, 11) is 0. The summed E-state index contributed by atoms with van der Waals surface area (Å²) < 4.78 is 215. The van der Waals surface area contributed by atoms with E-state index in [-0.39, 0.29) is 48.7 Å². The Balaban J connectivity index is -0.000000145. The Hall–Kier alpha value is 0.119. The third kappa shape index (κ3) is 8.06. The Morgan fingerprint density at radius 2 is 0.515 bits per heavy atom. The largest absolute Gasteiger partial charge is 2.00 e. The summed E-state index contributed by atoms with van der Waals surface area (Å²) in [5, 5.41) is 0. The van der Waals surface area contributed by atoms with E-state index in [0.717, 1.165) is 0 Å². The zero-order valence-electron chi connectivity index (χ0n) is 15.5. The van der Waals surface area contributed by atoms with Crippen LogP contribution in [0.4, 0.5) is 79.0 Å². The van der Waals surface area contributed by atoms with Gasteiger partial charge in [0.05, 0.1) is 0 Å². The molecule has 0 aromatic rings. The molecule has 0 heterocycles. The SMILES string of the molecule is CCC(F)(F)C(F)(F)C(F)(F)C(F)(F)F.CCC(F)(F)C(F)(F)C(F)(F)C(F)(F)F.[Cl-].[Cl-].[Sn+2]. The van der Waals surface area contributed by atoms with E-state index in [1.54, 1.807) is 0 Å². The first-order valence-corrected chi connectivity index (χ1v) is 7.02. The van der Waals surface area contributed by atoms with Crippen LogP contribution in [0.25, 0.3) is 0 Å². The van der Waals surface area contributed by atoms with Gasteiger partial charge in [0.25, 0.3) is 0 Å². The predicted molar refractivity (Wildman–Crippen MR) is 68.1 cm³/mol. The Kier molecular flexibility index (Phi) is 16.2. The van der Waals surface area contributed by atoms with E-state index in [4.69, 9.17) is 0 Å². The smallest absolute Gasteiger partial charge is 1.00 e. The van der Waals surface area contributed by atoms with Gasteiger partial charge in [-0.05, 0) is 0 Å². The molecule has 0 aromatic heterocycles. The Bertz CT molecular complexity index is 518. The fraction of sp³-hybridized carbons (Fsp3) is 1.00. The van der Waals surface area contributed by atoms with Crippen LogP contribution in [0.1, 0.15) is 26.7 Å². The van der Waals surface area contributed by atoms with Gasteiger partial charge in [-0.15, -0.1) is 0 Å². The van der Waals surface area contributed by atoms with Crippen LogP contribution in [0.3, 0.4) is 0 Å².